The van der Waals surface area contributed by atoms with Crippen LogP contribution in [0.1, 0.15) is 23.2 Å². The van der Waals surface area contributed by atoms with Crippen LogP contribution in [0.2, 0.25) is 0 Å². The molecule has 0 aromatic heterocycles. The van der Waals surface area contributed by atoms with Crippen molar-refractivity contribution in [3.8, 4) is 6.07 Å². The summed E-state index contributed by atoms with van der Waals surface area (Å²) < 4.78 is 0.881. The summed E-state index contributed by atoms with van der Waals surface area (Å²) in [5.41, 5.74) is 0.636. The molecule has 0 unspecified atom stereocenters. The molecule has 16 heavy (non-hydrogen) atoms. The van der Waals surface area contributed by atoms with Crippen molar-refractivity contribution in [2.45, 2.75) is 18.9 Å². The molecule has 3 nitrogen and oxygen atoms in total. The highest BCUT2D eigenvalue weighted by atomic mass is 79.9. The average molecular weight is 279 g/mol. The zero-order chi connectivity index (χ0) is 11.5. The Bertz CT molecular complexity index is 449. The molecule has 4 heteroatoms. The molecular formula is C12H11BrN2O. The Hall–Kier alpha value is -1.34. The maximum Gasteiger partial charge on any atom is 0.254 e. The molecule has 82 valence electrons. The molecule has 1 aromatic carbocycles. The standard InChI is InChI=1S/C12H11BrN2O/c13-10-3-1-2-9(8-10)12(16)15(7-6-14)11-4-5-11/h1-3,8,11H,4-5,7H2. The molecule has 0 radical (unpaired) electrons. The maximum atomic E-state index is 12.1. The number of hydrogen-bond acceptors (Lipinski definition) is 2. The molecule has 1 aromatic rings. The molecule has 1 aliphatic rings. The minimum atomic E-state index is -0.0506. The number of amides is 1. The second kappa shape index (κ2) is 4.67. The fraction of sp³-hybridized carbons (Fsp3) is 0.333. The van der Waals surface area contributed by atoms with Gasteiger partial charge in [-0.25, -0.2) is 0 Å². The van der Waals surface area contributed by atoms with Gasteiger partial charge in [0.05, 0.1) is 6.07 Å². The third-order valence-electron chi connectivity index (χ3n) is 2.56. The van der Waals surface area contributed by atoms with E-state index >= 15 is 0 Å². The molecular weight excluding hydrogens is 268 g/mol. The van der Waals surface area contributed by atoms with Crippen LogP contribution in [0.25, 0.3) is 0 Å². The van der Waals surface area contributed by atoms with E-state index < -0.39 is 0 Å². The first-order valence-corrected chi connectivity index (χ1v) is 5.95. The Morgan fingerprint density at radius 1 is 1.56 bits per heavy atom. The van der Waals surface area contributed by atoms with Crippen LogP contribution in [0.15, 0.2) is 28.7 Å². The van der Waals surface area contributed by atoms with E-state index in [0.29, 0.717) is 5.56 Å². The zero-order valence-electron chi connectivity index (χ0n) is 8.69. The third kappa shape index (κ3) is 2.42. The van der Waals surface area contributed by atoms with Crippen LogP contribution >= 0.6 is 15.9 Å². The number of nitrogens with zero attached hydrogens (tertiary/aromatic N) is 2. The van der Waals surface area contributed by atoms with Gasteiger partial charge in [-0.3, -0.25) is 4.79 Å². The average Bonchev–Trinajstić information content (AvgIpc) is 3.09. The topological polar surface area (TPSA) is 44.1 Å². The van der Waals surface area contributed by atoms with Gasteiger partial charge < -0.3 is 4.90 Å². The lowest BCUT2D eigenvalue weighted by Crippen LogP contribution is -2.33. The van der Waals surface area contributed by atoms with Crippen LogP contribution < -0.4 is 0 Å². The fourth-order valence-corrected chi connectivity index (χ4v) is 2.02. The summed E-state index contributed by atoms with van der Waals surface area (Å²) in [7, 11) is 0. The Labute approximate surface area is 103 Å². The summed E-state index contributed by atoms with van der Waals surface area (Å²) in [6.45, 7) is 0.177. The van der Waals surface area contributed by atoms with Gasteiger partial charge in [0.15, 0.2) is 0 Å². The van der Waals surface area contributed by atoms with Gasteiger partial charge in [-0.15, -0.1) is 0 Å². The summed E-state index contributed by atoms with van der Waals surface area (Å²) >= 11 is 3.34. The number of nitriles is 1. The van der Waals surface area contributed by atoms with Crippen molar-refractivity contribution in [3.63, 3.8) is 0 Å². The van der Waals surface area contributed by atoms with Gasteiger partial charge in [0.2, 0.25) is 0 Å². The van der Waals surface area contributed by atoms with E-state index in [9.17, 15) is 4.79 Å². The van der Waals surface area contributed by atoms with Gasteiger partial charge in [0, 0.05) is 16.1 Å². The molecule has 2 rings (SSSR count). The second-order valence-electron chi connectivity index (χ2n) is 3.83. The summed E-state index contributed by atoms with van der Waals surface area (Å²) in [6.07, 6.45) is 2.03. The van der Waals surface area contributed by atoms with Crippen molar-refractivity contribution < 1.29 is 4.79 Å². The van der Waals surface area contributed by atoms with Crippen molar-refractivity contribution in [3.05, 3.63) is 34.3 Å². The van der Waals surface area contributed by atoms with Crippen LogP contribution in [-0.2, 0) is 0 Å². The highest BCUT2D eigenvalue weighted by Gasteiger charge is 2.32. The van der Waals surface area contributed by atoms with Crippen molar-refractivity contribution >= 4 is 21.8 Å². The van der Waals surface area contributed by atoms with Crippen molar-refractivity contribution in [2.75, 3.05) is 6.54 Å². The number of carbonyl (C=O) groups is 1. The predicted octanol–water partition coefficient (Wildman–Crippen LogP) is 2.58. The molecule has 0 aliphatic heterocycles. The number of hydrogen-bond donors (Lipinski definition) is 0. The van der Waals surface area contributed by atoms with Gasteiger partial charge in [-0.1, -0.05) is 22.0 Å². The van der Waals surface area contributed by atoms with Crippen LogP contribution in [0, 0.1) is 11.3 Å². The minimum Gasteiger partial charge on any atom is -0.322 e. The van der Waals surface area contributed by atoms with E-state index in [2.05, 4.69) is 15.9 Å². The summed E-state index contributed by atoms with van der Waals surface area (Å²) in [5.74, 6) is -0.0506. The van der Waals surface area contributed by atoms with Crippen molar-refractivity contribution in [1.82, 2.24) is 4.90 Å². The third-order valence-corrected chi connectivity index (χ3v) is 3.05. The second-order valence-corrected chi connectivity index (χ2v) is 4.75. The van der Waals surface area contributed by atoms with Gasteiger partial charge >= 0.3 is 0 Å². The summed E-state index contributed by atoms with van der Waals surface area (Å²) in [5, 5.41) is 8.71. The smallest absolute Gasteiger partial charge is 0.254 e. The normalized spacial score (nSPS) is 14.2. The van der Waals surface area contributed by atoms with E-state index in [1.54, 1.807) is 17.0 Å². The van der Waals surface area contributed by atoms with E-state index in [4.69, 9.17) is 5.26 Å². The molecule has 1 fully saturated rings. The SMILES string of the molecule is N#CCN(C(=O)c1cccc(Br)c1)C1CC1. The van der Waals surface area contributed by atoms with E-state index in [1.807, 2.05) is 18.2 Å². The highest BCUT2D eigenvalue weighted by Crippen LogP contribution is 2.28. The Morgan fingerprint density at radius 3 is 2.88 bits per heavy atom. The van der Waals surface area contributed by atoms with E-state index in [1.165, 1.54) is 0 Å². The Balaban J connectivity index is 2.19. The van der Waals surface area contributed by atoms with Crippen molar-refractivity contribution in [1.29, 1.82) is 5.26 Å². The van der Waals surface area contributed by atoms with Crippen LogP contribution in [0.5, 0.6) is 0 Å². The minimum absolute atomic E-state index is 0.0506. The summed E-state index contributed by atoms with van der Waals surface area (Å²) in [4.78, 5) is 13.8. The van der Waals surface area contributed by atoms with Crippen LogP contribution in [-0.4, -0.2) is 23.4 Å². The van der Waals surface area contributed by atoms with Gasteiger partial charge in [-0.2, -0.15) is 5.26 Å². The van der Waals surface area contributed by atoms with Crippen LogP contribution in [0.4, 0.5) is 0 Å². The van der Waals surface area contributed by atoms with Gasteiger partial charge in [0.25, 0.3) is 5.91 Å². The fourth-order valence-electron chi connectivity index (χ4n) is 1.62. The number of benzene rings is 1. The Kier molecular flexibility index (Phi) is 3.25. The van der Waals surface area contributed by atoms with Crippen LogP contribution in [0.3, 0.4) is 0 Å². The summed E-state index contributed by atoms with van der Waals surface area (Å²) in [6, 6.07) is 9.59. The largest absolute Gasteiger partial charge is 0.322 e. The lowest BCUT2D eigenvalue weighted by molar-refractivity contribution is 0.0765. The quantitative estimate of drug-likeness (QED) is 0.798. The van der Waals surface area contributed by atoms with Gasteiger partial charge in [0.1, 0.15) is 6.54 Å². The zero-order valence-corrected chi connectivity index (χ0v) is 10.3. The lowest BCUT2D eigenvalue weighted by atomic mass is 10.2. The number of carbonyl (C=O) groups excluding carboxylic acids is 1. The first kappa shape index (κ1) is 11.2. The highest BCUT2D eigenvalue weighted by molar-refractivity contribution is 9.10. The molecule has 1 amide bonds. The van der Waals surface area contributed by atoms with E-state index in [-0.39, 0.29) is 18.5 Å². The first-order chi connectivity index (χ1) is 7.72. The number of rotatable bonds is 3. The molecule has 0 N–H and O–H groups in total. The molecule has 0 bridgehead atoms. The predicted molar refractivity (Wildman–Crippen MR) is 63.8 cm³/mol. The van der Waals surface area contributed by atoms with Crippen molar-refractivity contribution in [2.24, 2.45) is 0 Å². The monoisotopic (exact) mass is 278 g/mol. The lowest BCUT2D eigenvalue weighted by Gasteiger charge is -2.18. The molecule has 0 heterocycles. The maximum absolute atomic E-state index is 12.1. The molecule has 1 aliphatic carbocycles. The molecule has 0 spiro atoms. The Morgan fingerprint density at radius 2 is 2.31 bits per heavy atom. The van der Waals surface area contributed by atoms with Gasteiger partial charge in [-0.05, 0) is 31.0 Å². The molecule has 0 saturated heterocycles. The first-order valence-electron chi connectivity index (χ1n) is 5.16. The van der Waals surface area contributed by atoms with E-state index in [0.717, 1.165) is 17.3 Å². The number of halogens is 1. The molecule has 1 saturated carbocycles. The molecule has 0 atom stereocenters.